The summed E-state index contributed by atoms with van der Waals surface area (Å²) in [7, 11) is 0. The predicted molar refractivity (Wildman–Crippen MR) is 68.1 cm³/mol. The van der Waals surface area contributed by atoms with Gasteiger partial charge < -0.3 is 5.32 Å². The van der Waals surface area contributed by atoms with Crippen LogP contribution >= 0.6 is 0 Å². The van der Waals surface area contributed by atoms with Gasteiger partial charge in [0.15, 0.2) is 0 Å². The molecule has 4 heteroatoms. The molecule has 1 saturated heterocycles. The number of hydrogen-bond acceptors (Lipinski definition) is 2. The van der Waals surface area contributed by atoms with Crippen LogP contribution in [-0.4, -0.2) is 16.3 Å². The maximum atomic E-state index is 14.1. The van der Waals surface area contributed by atoms with Crippen LogP contribution in [0.5, 0.6) is 0 Å². The molecule has 1 atom stereocenters. The third-order valence-corrected chi connectivity index (χ3v) is 3.70. The molecule has 1 unspecified atom stereocenters. The molecule has 1 aromatic heterocycles. The molecule has 0 radical (unpaired) electrons. The van der Waals surface area contributed by atoms with E-state index in [9.17, 15) is 4.39 Å². The van der Waals surface area contributed by atoms with Crippen LogP contribution in [0.15, 0.2) is 36.7 Å². The molecule has 0 amide bonds. The van der Waals surface area contributed by atoms with Crippen LogP contribution in [0.2, 0.25) is 0 Å². The largest absolute Gasteiger partial charge is 0.308 e. The Hall–Kier alpha value is -1.68. The van der Waals surface area contributed by atoms with Crippen LogP contribution in [0, 0.1) is 5.82 Å². The molecule has 1 aliphatic heterocycles. The van der Waals surface area contributed by atoms with Gasteiger partial charge in [0.2, 0.25) is 0 Å². The summed E-state index contributed by atoms with van der Waals surface area (Å²) in [5.41, 5.74) is 1.41. The fourth-order valence-corrected chi connectivity index (χ4v) is 2.59. The van der Waals surface area contributed by atoms with Gasteiger partial charge >= 0.3 is 0 Å². The highest BCUT2D eigenvalue weighted by molar-refractivity contribution is 5.38. The van der Waals surface area contributed by atoms with Gasteiger partial charge in [-0.3, -0.25) is 0 Å². The van der Waals surface area contributed by atoms with Gasteiger partial charge in [-0.15, -0.1) is 0 Å². The summed E-state index contributed by atoms with van der Waals surface area (Å²) >= 11 is 0. The number of aromatic nitrogens is 2. The molecule has 2 aromatic rings. The lowest BCUT2D eigenvalue weighted by molar-refractivity contribution is 0.431. The van der Waals surface area contributed by atoms with E-state index >= 15 is 0 Å². The number of benzene rings is 1. The van der Waals surface area contributed by atoms with Crippen molar-refractivity contribution in [3.63, 3.8) is 0 Å². The molecular weight excluding hydrogens is 229 g/mol. The summed E-state index contributed by atoms with van der Waals surface area (Å²) in [6.07, 6.45) is 5.58. The lowest BCUT2D eigenvalue weighted by Gasteiger charge is -2.25. The zero-order chi connectivity index (χ0) is 12.6. The van der Waals surface area contributed by atoms with Crippen LogP contribution < -0.4 is 5.32 Å². The maximum Gasteiger partial charge on any atom is 0.149 e. The molecule has 1 fully saturated rings. The molecule has 94 valence electrons. The van der Waals surface area contributed by atoms with Gasteiger partial charge in [-0.2, -0.15) is 5.10 Å². The Kier molecular flexibility index (Phi) is 2.67. The smallest absolute Gasteiger partial charge is 0.149 e. The van der Waals surface area contributed by atoms with Crippen LogP contribution in [-0.2, 0) is 5.54 Å². The average Bonchev–Trinajstić information content (AvgIpc) is 3.00. The minimum atomic E-state index is -0.230. The minimum absolute atomic E-state index is 0.0938. The molecule has 1 N–H and O–H groups in total. The van der Waals surface area contributed by atoms with E-state index < -0.39 is 0 Å². The van der Waals surface area contributed by atoms with Gasteiger partial charge in [-0.1, -0.05) is 6.07 Å². The highest BCUT2D eigenvalue weighted by atomic mass is 19.1. The van der Waals surface area contributed by atoms with Crippen molar-refractivity contribution in [2.75, 3.05) is 6.54 Å². The lowest BCUT2D eigenvalue weighted by Crippen LogP contribution is -2.33. The van der Waals surface area contributed by atoms with Gasteiger partial charge in [-0.05, 0) is 50.1 Å². The molecule has 0 aliphatic carbocycles. The Balaban J connectivity index is 1.99. The Morgan fingerprint density at radius 1 is 1.44 bits per heavy atom. The van der Waals surface area contributed by atoms with Crippen molar-refractivity contribution in [1.29, 1.82) is 0 Å². The quantitative estimate of drug-likeness (QED) is 0.881. The molecule has 3 rings (SSSR count). The van der Waals surface area contributed by atoms with E-state index in [-0.39, 0.29) is 11.4 Å². The third kappa shape index (κ3) is 1.82. The van der Waals surface area contributed by atoms with Gasteiger partial charge in [0.1, 0.15) is 11.5 Å². The van der Waals surface area contributed by atoms with E-state index in [2.05, 4.69) is 17.3 Å². The van der Waals surface area contributed by atoms with Crippen molar-refractivity contribution in [3.8, 4) is 5.69 Å². The van der Waals surface area contributed by atoms with Crippen LogP contribution in [0.3, 0.4) is 0 Å². The van der Waals surface area contributed by atoms with E-state index in [1.807, 2.05) is 6.07 Å². The minimum Gasteiger partial charge on any atom is -0.308 e. The van der Waals surface area contributed by atoms with Crippen LogP contribution in [0.25, 0.3) is 5.69 Å². The molecular formula is C14H16FN3. The SMILES string of the molecule is CC1(c2ccc(-n3cccn3)c(F)c2)CCCN1. The number of nitrogens with zero attached hydrogens (tertiary/aromatic N) is 2. The van der Waals surface area contributed by atoms with E-state index in [0.717, 1.165) is 24.9 Å². The topological polar surface area (TPSA) is 29.9 Å². The first-order valence-corrected chi connectivity index (χ1v) is 6.24. The number of nitrogens with one attached hydrogen (secondary N) is 1. The van der Waals surface area contributed by atoms with E-state index in [1.54, 1.807) is 35.3 Å². The van der Waals surface area contributed by atoms with Crippen molar-refractivity contribution in [2.24, 2.45) is 0 Å². The van der Waals surface area contributed by atoms with Crippen LogP contribution in [0.4, 0.5) is 4.39 Å². The summed E-state index contributed by atoms with van der Waals surface area (Å²) in [4.78, 5) is 0. The van der Waals surface area contributed by atoms with Gasteiger partial charge in [0.25, 0.3) is 0 Å². The standard InChI is InChI=1S/C14H16FN3/c1-14(6-2-7-16-14)11-4-5-13(12(15)10-11)18-9-3-8-17-18/h3-5,8-10,16H,2,6-7H2,1H3. The molecule has 3 nitrogen and oxygen atoms in total. The fourth-order valence-electron chi connectivity index (χ4n) is 2.59. The molecule has 2 heterocycles. The summed E-state index contributed by atoms with van der Waals surface area (Å²) in [6, 6.07) is 7.18. The van der Waals surface area contributed by atoms with E-state index in [4.69, 9.17) is 0 Å². The summed E-state index contributed by atoms with van der Waals surface area (Å²) in [5, 5.41) is 7.49. The maximum absolute atomic E-state index is 14.1. The zero-order valence-electron chi connectivity index (χ0n) is 10.4. The summed E-state index contributed by atoms with van der Waals surface area (Å²) in [5.74, 6) is -0.230. The number of hydrogen-bond donors (Lipinski definition) is 1. The summed E-state index contributed by atoms with van der Waals surface area (Å²) < 4.78 is 15.7. The highest BCUT2D eigenvalue weighted by Crippen LogP contribution is 2.31. The van der Waals surface area contributed by atoms with Gasteiger partial charge in [0, 0.05) is 17.9 Å². The Labute approximate surface area is 106 Å². The second kappa shape index (κ2) is 4.21. The molecule has 0 saturated carbocycles. The third-order valence-electron chi connectivity index (χ3n) is 3.70. The first-order valence-electron chi connectivity index (χ1n) is 6.24. The monoisotopic (exact) mass is 245 g/mol. The number of rotatable bonds is 2. The second-order valence-electron chi connectivity index (χ2n) is 4.98. The highest BCUT2D eigenvalue weighted by Gasteiger charge is 2.30. The average molecular weight is 245 g/mol. The second-order valence-corrected chi connectivity index (χ2v) is 4.98. The van der Waals surface area contributed by atoms with E-state index in [0.29, 0.717) is 5.69 Å². The summed E-state index contributed by atoms with van der Waals surface area (Å²) in [6.45, 7) is 3.13. The molecule has 1 aliphatic rings. The first kappa shape index (κ1) is 11.4. The van der Waals surface area contributed by atoms with Crippen molar-refractivity contribution < 1.29 is 4.39 Å². The van der Waals surface area contributed by atoms with Crippen LogP contribution in [0.1, 0.15) is 25.3 Å². The normalized spacial score (nSPS) is 23.4. The Morgan fingerprint density at radius 2 is 2.33 bits per heavy atom. The fraction of sp³-hybridized carbons (Fsp3) is 0.357. The number of halogens is 1. The lowest BCUT2D eigenvalue weighted by atomic mass is 9.90. The molecule has 0 spiro atoms. The molecule has 18 heavy (non-hydrogen) atoms. The van der Waals surface area contributed by atoms with Crippen molar-refractivity contribution in [3.05, 3.63) is 48.0 Å². The van der Waals surface area contributed by atoms with Gasteiger partial charge in [-0.25, -0.2) is 9.07 Å². The van der Waals surface area contributed by atoms with Gasteiger partial charge in [0.05, 0.1) is 0 Å². The van der Waals surface area contributed by atoms with Crippen molar-refractivity contribution >= 4 is 0 Å². The Bertz CT molecular complexity index is 542. The molecule has 1 aromatic carbocycles. The van der Waals surface area contributed by atoms with E-state index in [1.165, 1.54) is 0 Å². The predicted octanol–water partition coefficient (Wildman–Crippen LogP) is 2.61. The Morgan fingerprint density at radius 3 is 2.94 bits per heavy atom. The zero-order valence-corrected chi connectivity index (χ0v) is 10.4. The van der Waals surface area contributed by atoms with Crippen molar-refractivity contribution in [1.82, 2.24) is 15.1 Å². The molecule has 0 bridgehead atoms. The van der Waals surface area contributed by atoms with Crippen molar-refractivity contribution in [2.45, 2.75) is 25.3 Å². The first-order chi connectivity index (χ1) is 8.69.